The van der Waals surface area contributed by atoms with Crippen LogP contribution in [0.4, 0.5) is 17.1 Å². The fraction of sp³-hybridized carbons (Fsp3) is 0.167. The Labute approximate surface area is 145 Å². The SMILES string of the molecule is COC(=O)c1cccc(NCC(=O)Nc2cccc(NC(C)=O)c2)c1. The lowest BCUT2D eigenvalue weighted by Gasteiger charge is -2.10. The van der Waals surface area contributed by atoms with Gasteiger partial charge < -0.3 is 20.7 Å². The summed E-state index contributed by atoms with van der Waals surface area (Å²) in [5, 5.41) is 8.32. The van der Waals surface area contributed by atoms with Gasteiger partial charge in [-0.2, -0.15) is 0 Å². The van der Waals surface area contributed by atoms with Gasteiger partial charge in [0.1, 0.15) is 0 Å². The average Bonchev–Trinajstić information content (AvgIpc) is 2.59. The second-order valence-electron chi connectivity index (χ2n) is 5.24. The number of hydrogen-bond acceptors (Lipinski definition) is 5. The molecule has 2 amide bonds. The Kier molecular flexibility index (Phi) is 6.11. The first-order valence-corrected chi connectivity index (χ1v) is 7.57. The fourth-order valence-electron chi connectivity index (χ4n) is 2.14. The quantitative estimate of drug-likeness (QED) is 0.702. The van der Waals surface area contributed by atoms with Gasteiger partial charge in [0.05, 0.1) is 19.2 Å². The molecule has 0 saturated carbocycles. The van der Waals surface area contributed by atoms with Crippen molar-refractivity contribution in [3.05, 3.63) is 54.1 Å². The molecule has 2 aromatic carbocycles. The molecule has 7 heteroatoms. The van der Waals surface area contributed by atoms with Crippen LogP contribution in [0.2, 0.25) is 0 Å². The zero-order valence-electron chi connectivity index (χ0n) is 14.0. The van der Waals surface area contributed by atoms with Crippen LogP contribution in [0.3, 0.4) is 0 Å². The van der Waals surface area contributed by atoms with Crippen molar-refractivity contribution >= 4 is 34.8 Å². The lowest BCUT2D eigenvalue weighted by atomic mass is 10.2. The molecule has 2 rings (SSSR count). The summed E-state index contributed by atoms with van der Waals surface area (Å²) in [5.41, 5.74) is 2.20. The summed E-state index contributed by atoms with van der Waals surface area (Å²) in [4.78, 5) is 34.6. The van der Waals surface area contributed by atoms with Gasteiger partial charge in [-0.25, -0.2) is 4.79 Å². The minimum absolute atomic E-state index is 0.0228. The molecule has 0 aliphatic rings. The van der Waals surface area contributed by atoms with Gasteiger partial charge in [-0.1, -0.05) is 12.1 Å². The van der Waals surface area contributed by atoms with Crippen molar-refractivity contribution < 1.29 is 19.1 Å². The lowest BCUT2D eigenvalue weighted by molar-refractivity contribution is -0.115. The van der Waals surface area contributed by atoms with E-state index in [-0.39, 0.29) is 18.4 Å². The van der Waals surface area contributed by atoms with Gasteiger partial charge in [-0.15, -0.1) is 0 Å². The summed E-state index contributed by atoms with van der Waals surface area (Å²) in [6, 6.07) is 13.5. The molecule has 0 saturated heterocycles. The maximum absolute atomic E-state index is 12.0. The molecule has 2 aromatic rings. The molecule has 0 spiro atoms. The Morgan fingerprint density at radius 3 is 2.24 bits per heavy atom. The van der Waals surface area contributed by atoms with E-state index in [1.807, 2.05) is 0 Å². The maximum atomic E-state index is 12.0. The third-order valence-electron chi connectivity index (χ3n) is 3.20. The Morgan fingerprint density at radius 2 is 1.56 bits per heavy atom. The third-order valence-corrected chi connectivity index (χ3v) is 3.20. The Balaban J connectivity index is 1.93. The number of anilines is 3. The number of carbonyl (C=O) groups is 3. The number of rotatable bonds is 6. The monoisotopic (exact) mass is 341 g/mol. The Hall–Kier alpha value is -3.35. The van der Waals surface area contributed by atoms with E-state index in [9.17, 15) is 14.4 Å². The van der Waals surface area contributed by atoms with E-state index in [0.29, 0.717) is 22.6 Å². The van der Waals surface area contributed by atoms with Crippen LogP contribution in [0.15, 0.2) is 48.5 Å². The summed E-state index contributed by atoms with van der Waals surface area (Å²) >= 11 is 0. The molecule has 0 unspecified atom stereocenters. The minimum atomic E-state index is -0.442. The number of esters is 1. The van der Waals surface area contributed by atoms with E-state index >= 15 is 0 Å². The van der Waals surface area contributed by atoms with Crippen molar-refractivity contribution in [3.8, 4) is 0 Å². The molecular formula is C18H19N3O4. The third kappa shape index (κ3) is 5.65. The van der Waals surface area contributed by atoms with Crippen LogP contribution >= 0.6 is 0 Å². The Morgan fingerprint density at radius 1 is 0.920 bits per heavy atom. The van der Waals surface area contributed by atoms with Crippen molar-refractivity contribution in [1.29, 1.82) is 0 Å². The molecule has 0 aromatic heterocycles. The molecular weight excluding hydrogens is 322 g/mol. The van der Waals surface area contributed by atoms with Crippen molar-refractivity contribution in [2.24, 2.45) is 0 Å². The van der Waals surface area contributed by atoms with Gasteiger partial charge >= 0.3 is 5.97 Å². The summed E-state index contributed by atoms with van der Waals surface area (Å²) in [5.74, 6) is -0.887. The van der Waals surface area contributed by atoms with Crippen LogP contribution in [0.1, 0.15) is 17.3 Å². The van der Waals surface area contributed by atoms with Gasteiger partial charge in [0.25, 0.3) is 0 Å². The smallest absolute Gasteiger partial charge is 0.337 e. The highest BCUT2D eigenvalue weighted by Crippen LogP contribution is 2.15. The zero-order chi connectivity index (χ0) is 18.2. The predicted octanol–water partition coefficient (Wildman–Crippen LogP) is 2.48. The highest BCUT2D eigenvalue weighted by Gasteiger charge is 2.07. The van der Waals surface area contributed by atoms with Crippen molar-refractivity contribution in [3.63, 3.8) is 0 Å². The largest absolute Gasteiger partial charge is 0.465 e. The molecule has 0 bridgehead atoms. The number of nitrogens with one attached hydrogen (secondary N) is 3. The highest BCUT2D eigenvalue weighted by molar-refractivity contribution is 5.95. The van der Waals surface area contributed by atoms with Gasteiger partial charge in [-0.3, -0.25) is 9.59 Å². The van der Waals surface area contributed by atoms with Gasteiger partial charge in [0.2, 0.25) is 11.8 Å². The second-order valence-corrected chi connectivity index (χ2v) is 5.24. The summed E-state index contributed by atoms with van der Waals surface area (Å²) in [7, 11) is 1.31. The van der Waals surface area contributed by atoms with Crippen molar-refractivity contribution in [2.75, 3.05) is 29.6 Å². The summed E-state index contributed by atoms with van der Waals surface area (Å²) in [6.07, 6.45) is 0. The van der Waals surface area contributed by atoms with E-state index in [0.717, 1.165) is 0 Å². The molecule has 7 nitrogen and oxygen atoms in total. The topological polar surface area (TPSA) is 96.5 Å². The first-order chi connectivity index (χ1) is 12.0. The molecule has 0 radical (unpaired) electrons. The zero-order valence-corrected chi connectivity index (χ0v) is 14.0. The van der Waals surface area contributed by atoms with E-state index in [1.165, 1.54) is 14.0 Å². The number of carbonyl (C=O) groups excluding carboxylic acids is 3. The van der Waals surface area contributed by atoms with E-state index < -0.39 is 5.97 Å². The number of hydrogen-bond donors (Lipinski definition) is 3. The molecule has 25 heavy (non-hydrogen) atoms. The van der Waals surface area contributed by atoms with E-state index in [1.54, 1.807) is 48.5 Å². The number of benzene rings is 2. The molecule has 0 aliphatic carbocycles. The van der Waals surface area contributed by atoms with E-state index in [2.05, 4.69) is 20.7 Å². The van der Waals surface area contributed by atoms with Crippen LogP contribution in [-0.4, -0.2) is 31.4 Å². The van der Waals surface area contributed by atoms with Gasteiger partial charge in [0.15, 0.2) is 0 Å². The predicted molar refractivity (Wildman–Crippen MR) is 95.6 cm³/mol. The second kappa shape index (κ2) is 8.49. The standard InChI is InChI=1S/C18H19N3O4/c1-12(22)20-15-7-4-8-16(10-15)21-17(23)11-19-14-6-3-5-13(9-14)18(24)25-2/h3-10,19H,11H2,1-2H3,(H,20,22)(H,21,23). The lowest BCUT2D eigenvalue weighted by Crippen LogP contribution is -2.22. The molecule has 0 aliphatic heterocycles. The first kappa shape index (κ1) is 18.0. The van der Waals surface area contributed by atoms with Crippen LogP contribution < -0.4 is 16.0 Å². The number of amides is 2. The number of methoxy groups -OCH3 is 1. The molecule has 0 fully saturated rings. The first-order valence-electron chi connectivity index (χ1n) is 7.57. The van der Waals surface area contributed by atoms with Crippen LogP contribution in [0.25, 0.3) is 0 Å². The van der Waals surface area contributed by atoms with Crippen LogP contribution in [-0.2, 0) is 14.3 Å². The van der Waals surface area contributed by atoms with Crippen molar-refractivity contribution in [2.45, 2.75) is 6.92 Å². The summed E-state index contributed by atoms with van der Waals surface area (Å²) < 4.78 is 4.66. The van der Waals surface area contributed by atoms with Crippen molar-refractivity contribution in [1.82, 2.24) is 0 Å². The fourth-order valence-corrected chi connectivity index (χ4v) is 2.14. The molecule has 0 atom stereocenters. The average molecular weight is 341 g/mol. The van der Waals surface area contributed by atoms with Gasteiger partial charge in [-0.05, 0) is 36.4 Å². The van der Waals surface area contributed by atoms with Crippen LogP contribution in [0, 0.1) is 0 Å². The Bertz CT molecular complexity index is 789. The van der Waals surface area contributed by atoms with Gasteiger partial charge in [0, 0.05) is 24.0 Å². The normalized spacial score (nSPS) is 9.84. The maximum Gasteiger partial charge on any atom is 0.337 e. The summed E-state index contributed by atoms with van der Waals surface area (Å²) in [6.45, 7) is 1.44. The highest BCUT2D eigenvalue weighted by atomic mass is 16.5. The molecule has 130 valence electrons. The number of ether oxygens (including phenoxy) is 1. The molecule has 0 heterocycles. The van der Waals surface area contributed by atoms with E-state index in [4.69, 9.17) is 0 Å². The van der Waals surface area contributed by atoms with Crippen LogP contribution in [0.5, 0.6) is 0 Å². The minimum Gasteiger partial charge on any atom is -0.465 e. The molecule has 3 N–H and O–H groups in total.